The van der Waals surface area contributed by atoms with Crippen molar-refractivity contribution in [2.45, 2.75) is 13.0 Å². The normalized spacial score (nSPS) is 10.8. The van der Waals surface area contributed by atoms with Crippen LogP contribution in [0.5, 0.6) is 0 Å². The summed E-state index contributed by atoms with van der Waals surface area (Å²) in [6, 6.07) is 4.96. The SMILES string of the molecule is CN(CCC(=O)Nc1sccc1C(N)=O)Cc1ccc(F)cc1F. The Morgan fingerprint density at radius 1 is 1.29 bits per heavy atom. The summed E-state index contributed by atoms with van der Waals surface area (Å²) < 4.78 is 26.5. The highest BCUT2D eigenvalue weighted by Gasteiger charge is 2.13. The van der Waals surface area contributed by atoms with Gasteiger partial charge in [0, 0.05) is 31.1 Å². The van der Waals surface area contributed by atoms with Gasteiger partial charge in [0.2, 0.25) is 5.91 Å². The Labute approximate surface area is 142 Å². The molecule has 3 N–H and O–H groups in total. The predicted octanol–water partition coefficient (Wildman–Crippen LogP) is 2.59. The molecule has 0 aliphatic heterocycles. The minimum absolute atomic E-state index is 0.162. The minimum atomic E-state index is -0.625. The fourth-order valence-electron chi connectivity index (χ4n) is 2.10. The number of hydrogen-bond donors (Lipinski definition) is 2. The number of primary amides is 1. The third-order valence-corrected chi connectivity index (χ3v) is 4.19. The van der Waals surface area contributed by atoms with E-state index in [0.29, 0.717) is 17.1 Å². The van der Waals surface area contributed by atoms with Crippen molar-refractivity contribution >= 4 is 28.2 Å². The van der Waals surface area contributed by atoms with Gasteiger partial charge in [0.1, 0.15) is 16.6 Å². The van der Waals surface area contributed by atoms with Crippen molar-refractivity contribution in [1.29, 1.82) is 0 Å². The molecule has 24 heavy (non-hydrogen) atoms. The van der Waals surface area contributed by atoms with Crippen LogP contribution < -0.4 is 11.1 Å². The van der Waals surface area contributed by atoms with Crippen molar-refractivity contribution in [2.24, 2.45) is 5.73 Å². The molecule has 0 aliphatic rings. The summed E-state index contributed by atoms with van der Waals surface area (Å²) >= 11 is 1.21. The molecule has 2 rings (SSSR count). The average molecular weight is 353 g/mol. The molecule has 0 aliphatic carbocycles. The Balaban J connectivity index is 1.85. The van der Waals surface area contributed by atoms with Gasteiger partial charge >= 0.3 is 0 Å². The first-order valence-electron chi connectivity index (χ1n) is 7.16. The molecule has 2 aromatic rings. The number of anilines is 1. The quantitative estimate of drug-likeness (QED) is 0.803. The molecule has 0 radical (unpaired) electrons. The number of nitrogens with one attached hydrogen (secondary N) is 1. The van der Waals surface area contributed by atoms with Gasteiger partial charge in [-0.2, -0.15) is 0 Å². The number of nitrogens with two attached hydrogens (primary N) is 1. The Morgan fingerprint density at radius 3 is 2.71 bits per heavy atom. The van der Waals surface area contributed by atoms with E-state index >= 15 is 0 Å². The van der Waals surface area contributed by atoms with Crippen molar-refractivity contribution in [1.82, 2.24) is 4.90 Å². The number of amides is 2. The van der Waals surface area contributed by atoms with E-state index in [4.69, 9.17) is 5.73 Å². The lowest BCUT2D eigenvalue weighted by Crippen LogP contribution is -2.25. The Morgan fingerprint density at radius 2 is 2.04 bits per heavy atom. The van der Waals surface area contributed by atoms with Crippen LogP contribution in [-0.2, 0) is 11.3 Å². The molecule has 2 amide bonds. The maximum absolute atomic E-state index is 13.6. The molecule has 5 nitrogen and oxygen atoms in total. The zero-order chi connectivity index (χ0) is 17.7. The van der Waals surface area contributed by atoms with Gasteiger partial charge in [-0.25, -0.2) is 8.78 Å². The zero-order valence-corrected chi connectivity index (χ0v) is 13.8. The van der Waals surface area contributed by atoms with Gasteiger partial charge in [0.15, 0.2) is 0 Å². The fourth-order valence-corrected chi connectivity index (χ4v) is 2.91. The summed E-state index contributed by atoms with van der Waals surface area (Å²) in [5, 5.41) is 4.72. The van der Waals surface area contributed by atoms with Crippen molar-refractivity contribution in [3.05, 3.63) is 52.4 Å². The Bertz CT molecular complexity index is 749. The molecular weight excluding hydrogens is 336 g/mol. The summed E-state index contributed by atoms with van der Waals surface area (Å²) in [5.74, 6) is -2.11. The van der Waals surface area contributed by atoms with E-state index in [1.165, 1.54) is 23.5 Å². The van der Waals surface area contributed by atoms with Crippen LogP contribution in [0.25, 0.3) is 0 Å². The number of hydrogen-bond acceptors (Lipinski definition) is 4. The van der Waals surface area contributed by atoms with Crippen molar-refractivity contribution in [3.63, 3.8) is 0 Å². The first kappa shape index (κ1) is 18.0. The van der Waals surface area contributed by atoms with E-state index in [1.54, 1.807) is 23.4 Å². The van der Waals surface area contributed by atoms with Crippen molar-refractivity contribution in [3.8, 4) is 0 Å². The first-order valence-corrected chi connectivity index (χ1v) is 8.04. The molecule has 1 aromatic carbocycles. The lowest BCUT2D eigenvalue weighted by Gasteiger charge is -2.16. The highest BCUT2D eigenvalue weighted by molar-refractivity contribution is 7.14. The lowest BCUT2D eigenvalue weighted by molar-refractivity contribution is -0.116. The van der Waals surface area contributed by atoms with Gasteiger partial charge < -0.3 is 16.0 Å². The molecule has 0 bridgehead atoms. The predicted molar refractivity (Wildman–Crippen MR) is 88.8 cm³/mol. The van der Waals surface area contributed by atoms with E-state index < -0.39 is 17.5 Å². The second-order valence-electron chi connectivity index (χ2n) is 5.30. The molecule has 1 aromatic heterocycles. The largest absolute Gasteiger partial charge is 0.366 e. The zero-order valence-electron chi connectivity index (χ0n) is 13.0. The molecular formula is C16H17F2N3O2S. The smallest absolute Gasteiger partial charge is 0.251 e. The number of carbonyl (C=O) groups excluding carboxylic acids is 2. The van der Waals surface area contributed by atoms with Gasteiger partial charge in [0.25, 0.3) is 5.91 Å². The molecule has 8 heteroatoms. The Kier molecular flexibility index (Phi) is 5.99. The number of carbonyl (C=O) groups is 2. The lowest BCUT2D eigenvalue weighted by atomic mass is 10.2. The molecule has 0 saturated carbocycles. The summed E-state index contributed by atoms with van der Waals surface area (Å²) in [6.07, 6.45) is 0.162. The van der Waals surface area contributed by atoms with E-state index in [1.807, 2.05) is 0 Å². The van der Waals surface area contributed by atoms with Crippen LogP contribution >= 0.6 is 11.3 Å². The first-order chi connectivity index (χ1) is 11.4. The standard InChI is InChI=1S/C16H17F2N3O2S/c1-21(9-10-2-3-11(17)8-13(10)18)6-4-14(22)20-16-12(15(19)23)5-7-24-16/h2-3,5,7-8H,4,6,9H2,1H3,(H2,19,23)(H,20,22). The monoisotopic (exact) mass is 353 g/mol. The van der Waals surface area contributed by atoms with Crippen LogP contribution in [0.4, 0.5) is 13.8 Å². The molecule has 0 unspecified atom stereocenters. The van der Waals surface area contributed by atoms with Gasteiger partial charge in [-0.3, -0.25) is 9.59 Å². The molecule has 128 valence electrons. The number of halogens is 2. The van der Waals surface area contributed by atoms with Crippen LogP contribution in [0.2, 0.25) is 0 Å². The number of nitrogens with zero attached hydrogens (tertiary/aromatic N) is 1. The minimum Gasteiger partial charge on any atom is -0.366 e. The molecule has 0 atom stereocenters. The number of thiophene rings is 1. The van der Waals surface area contributed by atoms with E-state index in [-0.39, 0.29) is 24.4 Å². The summed E-state index contributed by atoms with van der Waals surface area (Å²) in [7, 11) is 1.73. The highest BCUT2D eigenvalue weighted by atomic mass is 32.1. The second-order valence-corrected chi connectivity index (χ2v) is 6.22. The third-order valence-electron chi connectivity index (χ3n) is 3.36. The maximum atomic E-state index is 13.6. The topological polar surface area (TPSA) is 75.4 Å². The number of benzene rings is 1. The summed E-state index contributed by atoms with van der Waals surface area (Å²) in [6.45, 7) is 0.630. The second kappa shape index (κ2) is 7.98. The van der Waals surface area contributed by atoms with Crippen LogP contribution in [0, 0.1) is 11.6 Å². The fraction of sp³-hybridized carbons (Fsp3) is 0.250. The molecule has 0 saturated heterocycles. The highest BCUT2D eigenvalue weighted by Crippen LogP contribution is 2.22. The average Bonchev–Trinajstić information content (AvgIpc) is 2.96. The molecule has 0 spiro atoms. The Hall–Kier alpha value is -2.32. The van der Waals surface area contributed by atoms with Crippen LogP contribution in [-0.4, -0.2) is 30.3 Å². The van der Waals surface area contributed by atoms with Gasteiger partial charge in [-0.15, -0.1) is 11.3 Å². The summed E-state index contributed by atoms with van der Waals surface area (Å²) in [5.41, 5.74) is 5.84. The van der Waals surface area contributed by atoms with E-state index in [9.17, 15) is 18.4 Å². The van der Waals surface area contributed by atoms with Crippen molar-refractivity contribution < 1.29 is 18.4 Å². The van der Waals surface area contributed by atoms with E-state index in [0.717, 1.165) is 6.07 Å². The van der Waals surface area contributed by atoms with E-state index in [2.05, 4.69) is 5.32 Å². The van der Waals surface area contributed by atoms with Crippen LogP contribution in [0.3, 0.4) is 0 Å². The molecule has 1 heterocycles. The van der Waals surface area contributed by atoms with Crippen LogP contribution in [0.15, 0.2) is 29.6 Å². The van der Waals surface area contributed by atoms with Crippen molar-refractivity contribution in [2.75, 3.05) is 18.9 Å². The van der Waals surface area contributed by atoms with Gasteiger partial charge in [-0.1, -0.05) is 6.07 Å². The molecule has 0 fully saturated rings. The number of rotatable bonds is 7. The van der Waals surface area contributed by atoms with Gasteiger partial charge in [0.05, 0.1) is 5.56 Å². The van der Waals surface area contributed by atoms with Gasteiger partial charge in [-0.05, 0) is 24.6 Å². The van der Waals surface area contributed by atoms with Crippen LogP contribution in [0.1, 0.15) is 22.3 Å². The maximum Gasteiger partial charge on any atom is 0.251 e. The summed E-state index contributed by atoms with van der Waals surface area (Å²) in [4.78, 5) is 24.9. The third kappa shape index (κ3) is 4.84.